The first kappa shape index (κ1) is 18.3. The summed E-state index contributed by atoms with van der Waals surface area (Å²) in [6.07, 6.45) is 2.40. The number of rotatable bonds is 6. The molecule has 0 radical (unpaired) electrons. The highest BCUT2D eigenvalue weighted by Gasteiger charge is 2.20. The Hall–Kier alpha value is -2.09. The number of halogens is 1. The predicted octanol–water partition coefficient (Wildman–Crippen LogP) is 2.67. The first-order chi connectivity index (χ1) is 11.5. The van der Waals surface area contributed by atoms with Gasteiger partial charge in [0.15, 0.2) is 0 Å². The standard InChI is InChI=1S/C16H20BrN3O4/c17-12-8-11(15(23)20-6-1-2-7-20)9-13(10-12)19-16(24)18-5-3-4-14(21)22/h8-10H,1-7H2,(H,21,22)(H2,18,19,24). The molecule has 1 aromatic carbocycles. The number of benzene rings is 1. The summed E-state index contributed by atoms with van der Waals surface area (Å²) in [5.41, 5.74) is 1.02. The van der Waals surface area contributed by atoms with Crippen LogP contribution in [-0.4, -0.2) is 47.5 Å². The number of anilines is 1. The van der Waals surface area contributed by atoms with E-state index in [2.05, 4.69) is 26.6 Å². The molecular weight excluding hydrogens is 378 g/mol. The first-order valence-electron chi connectivity index (χ1n) is 7.82. The molecule has 1 aliphatic heterocycles. The van der Waals surface area contributed by atoms with Crippen molar-refractivity contribution in [2.45, 2.75) is 25.7 Å². The van der Waals surface area contributed by atoms with E-state index in [-0.39, 0.29) is 18.9 Å². The lowest BCUT2D eigenvalue weighted by Gasteiger charge is -2.16. The summed E-state index contributed by atoms with van der Waals surface area (Å²) in [5.74, 6) is -0.937. The van der Waals surface area contributed by atoms with E-state index in [0.29, 0.717) is 22.1 Å². The Labute approximate surface area is 148 Å². The van der Waals surface area contributed by atoms with Crippen molar-refractivity contribution in [3.63, 3.8) is 0 Å². The van der Waals surface area contributed by atoms with Gasteiger partial charge in [-0.15, -0.1) is 0 Å². The van der Waals surface area contributed by atoms with Gasteiger partial charge in [-0.3, -0.25) is 9.59 Å². The van der Waals surface area contributed by atoms with Crippen molar-refractivity contribution >= 4 is 39.5 Å². The van der Waals surface area contributed by atoms with Gasteiger partial charge in [-0.25, -0.2) is 4.79 Å². The highest BCUT2D eigenvalue weighted by molar-refractivity contribution is 9.10. The summed E-state index contributed by atoms with van der Waals surface area (Å²) in [6.45, 7) is 1.79. The average molecular weight is 398 g/mol. The van der Waals surface area contributed by atoms with Crippen LogP contribution in [0.25, 0.3) is 0 Å². The smallest absolute Gasteiger partial charge is 0.319 e. The molecule has 1 fully saturated rings. The number of carboxylic acid groups (broad SMARTS) is 1. The number of urea groups is 1. The van der Waals surface area contributed by atoms with E-state index in [9.17, 15) is 14.4 Å². The number of carboxylic acids is 1. The maximum atomic E-state index is 12.4. The van der Waals surface area contributed by atoms with Gasteiger partial charge >= 0.3 is 12.0 Å². The second-order valence-electron chi connectivity index (χ2n) is 5.61. The van der Waals surface area contributed by atoms with Crippen LogP contribution in [0.15, 0.2) is 22.7 Å². The molecule has 0 saturated carbocycles. The summed E-state index contributed by atoms with van der Waals surface area (Å²) in [7, 11) is 0. The van der Waals surface area contributed by atoms with Crippen LogP contribution in [0.1, 0.15) is 36.0 Å². The zero-order valence-electron chi connectivity index (χ0n) is 13.2. The average Bonchev–Trinajstić information content (AvgIpc) is 3.04. The molecule has 1 aliphatic rings. The molecule has 0 atom stereocenters. The summed E-state index contributed by atoms with van der Waals surface area (Å²) in [6, 6.07) is 4.65. The fourth-order valence-corrected chi connectivity index (χ4v) is 3.00. The zero-order valence-corrected chi connectivity index (χ0v) is 14.8. The third kappa shape index (κ3) is 5.52. The normalized spacial score (nSPS) is 13.6. The van der Waals surface area contributed by atoms with Gasteiger partial charge in [-0.1, -0.05) is 15.9 Å². The Bertz CT molecular complexity index is 630. The molecule has 8 heteroatoms. The van der Waals surface area contributed by atoms with E-state index in [1.54, 1.807) is 23.1 Å². The number of nitrogens with zero attached hydrogens (tertiary/aromatic N) is 1. The summed E-state index contributed by atoms with van der Waals surface area (Å²) < 4.78 is 0.703. The van der Waals surface area contributed by atoms with Crippen molar-refractivity contribution < 1.29 is 19.5 Å². The molecule has 2 rings (SSSR count). The zero-order chi connectivity index (χ0) is 17.5. The van der Waals surface area contributed by atoms with Gasteiger partial charge in [0.2, 0.25) is 0 Å². The minimum atomic E-state index is -0.894. The monoisotopic (exact) mass is 397 g/mol. The van der Waals surface area contributed by atoms with Crippen molar-refractivity contribution in [2.24, 2.45) is 0 Å². The molecule has 7 nitrogen and oxygen atoms in total. The molecule has 1 heterocycles. The predicted molar refractivity (Wildman–Crippen MR) is 93.2 cm³/mol. The van der Waals surface area contributed by atoms with Crippen LogP contribution in [0.2, 0.25) is 0 Å². The molecule has 0 bridgehead atoms. The number of likely N-dealkylation sites (tertiary alicyclic amines) is 1. The van der Waals surface area contributed by atoms with Gasteiger partial charge in [-0.2, -0.15) is 0 Å². The molecule has 0 spiro atoms. The van der Waals surface area contributed by atoms with E-state index < -0.39 is 12.0 Å². The number of hydrogen-bond acceptors (Lipinski definition) is 3. The fraction of sp³-hybridized carbons (Fsp3) is 0.438. The van der Waals surface area contributed by atoms with Crippen LogP contribution in [0.3, 0.4) is 0 Å². The molecule has 0 aliphatic carbocycles. The highest BCUT2D eigenvalue weighted by Crippen LogP contribution is 2.22. The first-order valence-corrected chi connectivity index (χ1v) is 8.61. The fourth-order valence-electron chi connectivity index (χ4n) is 2.50. The van der Waals surface area contributed by atoms with Gasteiger partial charge in [0.1, 0.15) is 0 Å². The topological polar surface area (TPSA) is 98.7 Å². The third-order valence-corrected chi connectivity index (χ3v) is 4.11. The van der Waals surface area contributed by atoms with E-state index in [0.717, 1.165) is 25.9 Å². The van der Waals surface area contributed by atoms with E-state index >= 15 is 0 Å². The van der Waals surface area contributed by atoms with E-state index in [1.165, 1.54) is 0 Å². The lowest BCUT2D eigenvalue weighted by Crippen LogP contribution is -2.30. The van der Waals surface area contributed by atoms with Gasteiger partial charge in [0.25, 0.3) is 5.91 Å². The Morgan fingerprint density at radius 2 is 1.88 bits per heavy atom. The lowest BCUT2D eigenvalue weighted by atomic mass is 10.1. The number of aliphatic carboxylic acids is 1. The molecule has 3 N–H and O–H groups in total. The maximum absolute atomic E-state index is 12.4. The molecule has 0 unspecified atom stereocenters. The number of hydrogen-bond donors (Lipinski definition) is 3. The van der Waals surface area contributed by atoms with E-state index in [1.807, 2.05) is 0 Å². The Kier molecular flexibility index (Phi) is 6.60. The van der Waals surface area contributed by atoms with Crippen LogP contribution in [0.4, 0.5) is 10.5 Å². The lowest BCUT2D eigenvalue weighted by molar-refractivity contribution is -0.137. The minimum absolute atomic E-state index is 0.00560. The van der Waals surface area contributed by atoms with Crippen molar-refractivity contribution in [3.8, 4) is 0 Å². The van der Waals surface area contributed by atoms with Crippen LogP contribution >= 0.6 is 15.9 Å². The minimum Gasteiger partial charge on any atom is -0.481 e. The molecule has 3 amide bonds. The van der Waals surface area contributed by atoms with Gasteiger partial charge in [-0.05, 0) is 37.5 Å². The van der Waals surface area contributed by atoms with Crippen LogP contribution < -0.4 is 10.6 Å². The summed E-state index contributed by atoms with van der Waals surface area (Å²) in [5, 5.41) is 13.8. The van der Waals surface area contributed by atoms with Gasteiger partial charge in [0.05, 0.1) is 0 Å². The quantitative estimate of drug-likeness (QED) is 0.642. The molecule has 0 aromatic heterocycles. The van der Waals surface area contributed by atoms with Crippen molar-refractivity contribution in [1.82, 2.24) is 10.2 Å². The van der Waals surface area contributed by atoms with Crippen LogP contribution in [-0.2, 0) is 4.79 Å². The number of amides is 3. The Morgan fingerprint density at radius 3 is 2.54 bits per heavy atom. The molecule has 1 aromatic rings. The molecule has 130 valence electrons. The number of carbonyl (C=O) groups is 3. The van der Waals surface area contributed by atoms with Crippen molar-refractivity contribution in [2.75, 3.05) is 25.0 Å². The van der Waals surface area contributed by atoms with Crippen molar-refractivity contribution in [1.29, 1.82) is 0 Å². The second kappa shape index (κ2) is 8.68. The Morgan fingerprint density at radius 1 is 1.17 bits per heavy atom. The van der Waals surface area contributed by atoms with Crippen LogP contribution in [0, 0.1) is 0 Å². The number of carbonyl (C=O) groups excluding carboxylic acids is 2. The summed E-state index contributed by atoms with van der Waals surface area (Å²) >= 11 is 3.35. The second-order valence-corrected chi connectivity index (χ2v) is 6.52. The van der Waals surface area contributed by atoms with Gasteiger partial charge < -0.3 is 20.6 Å². The highest BCUT2D eigenvalue weighted by atomic mass is 79.9. The van der Waals surface area contributed by atoms with Crippen LogP contribution in [0.5, 0.6) is 0 Å². The maximum Gasteiger partial charge on any atom is 0.319 e. The Balaban J connectivity index is 1.93. The molecular formula is C16H20BrN3O4. The molecule has 24 heavy (non-hydrogen) atoms. The van der Waals surface area contributed by atoms with Crippen molar-refractivity contribution in [3.05, 3.63) is 28.2 Å². The molecule has 1 saturated heterocycles. The summed E-state index contributed by atoms with van der Waals surface area (Å²) in [4.78, 5) is 36.5. The number of nitrogens with one attached hydrogen (secondary N) is 2. The van der Waals surface area contributed by atoms with E-state index in [4.69, 9.17) is 5.11 Å². The SMILES string of the molecule is O=C(O)CCCNC(=O)Nc1cc(Br)cc(C(=O)N2CCCC2)c1. The van der Waals surface area contributed by atoms with Gasteiger partial charge in [0, 0.05) is 41.8 Å². The third-order valence-electron chi connectivity index (χ3n) is 3.65. The largest absolute Gasteiger partial charge is 0.481 e.